The summed E-state index contributed by atoms with van der Waals surface area (Å²) in [6.07, 6.45) is 5.02. The normalized spacial score (nSPS) is 26.6. The van der Waals surface area contributed by atoms with Crippen LogP contribution in [-0.2, 0) is 16.0 Å². The largest absolute Gasteiger partial charge is 0.481 e. The Balaban J connectivity index is 1.54. The molecule has 0 unspecified atom stereocenters. The Labute approximate surface area is 133 Å². The van der Waals surface area contributed by atoms with Crippen LogP contribution in [0.3, 0.4) is 0 Å². The lowest BCUT2D eigenvalue weighted by Gasteiger charge is -2.29. The van der Waals surface area contributed by atoms with Crippen LogP contribution in [0.2, 0.25) is 0 Å². The molecule has 6 heteroatoms. The molecule has 1 aromatic carbocycles. The minimum absolute atomic E-state index is 0.0268. The van der Waals surface area contributed by atoms with E-state index in [1.165, 1.54) is 0 Å². The fourth-order valence-electron chi connectivity index (χ4n) is 4.30. The third-order valence-electron chi connectivity index (χ3n) is 5.52. The Hall–Kier alpha value is -2.37. The molecule has 2 heterocycles. The number of carbonyl (C=O) groups excluding carboxylic acids is 1. The summed E-state index contributed by atoms with van der Waals surface area (Å²) in [4.78, 5) is 26.2. The summed E-state index contributed by atoms with van der Waals surface area (Å²) in [6, 6.07) is 5.69. The highest BCUT2D eigenvalue weighted by Crippen LogP contribution is 2.49. The zero-order valence-electron chi connectivity index (χ0n) is 12.8. The second kappa shape index (κ2) is 5.08. The van der Waals surface area contributed by atoms with Gasteiger partial charge >= 0.3 is 5.97 Å². The Morgan fingerprint density at radius 1 is 1.39 bits per heavy atom. The summed E-state index contributed by atoms with van der Waals surface area (Å²) in [6.45, 7) is 0.558. The Bertz CT molecular complexity index is 784. The first kappa shape index (κ1) is 14.2. The van der Waals surface area contributed by atoms with E-state index in [4.69, 9.17) is 0 Å². The number of H-pyrrole nitrogens is 1. The molecule has 0 spiro atoms. The van der Waals surface area contributed by atoms with Gasteiger partial charge in [-0.2, -0.15) is 5.10 Å². The molecule has 1 saturated heterocycles. The van der Waals surface area contributed by atoms with E-state index in [0.29, 0.717) is 25.8 Å². The number of nitrogens with one attached hydrogen (secondary N) is 1. The molecule has 0 radical (unpaired) electrons. The van der Waals surface area contributed by atoms with Crippen LogP contribution in [0.1, 0.15) is 31.2 Å². The van der Waals surface area contributed by atoms with Gasteiger partial charge in [0.25, 0.3) is 0 Å². The molecule has 23 heavy (non-hydrogen) atoms. The molecule has 2 aliphatic rings. The van der Waals surface area contributed by atoms with Crippen molar-refractivity contribution in [1.29, 1.82) is 0 Å². The van der Waals surface area contributed by atoms with E-state index in [2.05, 4.69) is 10.2 Å². The van der Waals surface area contributed by atoms with E-state index in [9.17, 15) is 14.7 Å². The number of aromatic nitrogens is 2. The van der Waals surface area contributed by atoms with Crippen molar-refractivity contribution in [2.24, 2.45) is 5.41 Å². The van der Waals surface area contributed by atoms with Crippen LogP contribution in [0.25, 0.3) is 10.9 Å². The molecule has 0 bridgehead atoms. The summed E-state index contributed by atoms with van der Waals surface area (Å²) in [5, 5.41) is 17.5. The molecular weight excluding hydrogens is 294 g/mol. The van der Waals surface area contributed by atoms with Crippen LogP contribution in [0.4, 0.5) is 0 Å². The van der Waals surface area contributed by atoms with Crippen LogP contribution in [-0.4, -0.2) is 44.7 Å². The van der Waals surface area contributed by atoms with E-state index >= 15 is 0 Å². The zero-order valence-corrected chi connectivity index (χ0v) is 12.8. The zero-order chi connectivity index (χ0) is 16.0. The summed E-state index contributed by atoms with van der Waals surface area (Å²) < 4.78 is 0. The summed E-state index contributed by atoms with van der Waals surface area (Å²) in [5.74, 6) is -0.715. The summed E-state index contributed by atoms with van der Waals surface area (Å²) >= 11 is 0. The number of fused-ring (bicyclic) bond motifs is 2. The minimum Gasteiger partial charge on any atom is -0.481 e. The first-order valence-corrected chi connectivity index (χ1v) is 8.05. The Morgan fingerprint density at radius 2 is 2.26 bits per heavy atom. The molecule has 2 fully saturated rings. The van der Waals surface area contributed by atoms with Crippen LogP contribution < -0.4 is 0 Å². The predicted octanol–water partition coefficient (Wildman–Crippen LogP) is 1.96. The topological polar surface area (TPSA) is 86.3 Å². The molecule has 2 aromatic rings. The van der Waals surface area contributed by atoms with Crippen LogP contribution in [0.5, 0.6) is 0 Å². The molecular formula is C17H19N3O3. The molecule has 120 valence electrons. The highest BCUT2D eigenvalue weighted by atomic mass is 16.4. The van der Waals surface area contributed by atoms with Gasteiger partial charge in [0.05, 0.1) is 23.5 Å². The van der Waals surface area contributed by atoms with E-state index in [1.807, 2.05) is 18.2 Å². The maximum Gasteiger partial charge on any atom is 0.311 e. The lowest BCUT2D eigenvalue weighted by Crippen LogP contribution is -2.43. The number of aromatic amines is 1. The number of likely N-dealkylation sites (tertiary alicyclic amines) is 1. The second-order valence-electron chi connectivity index (χ2n) is 6.67. The summed E-state index contributed by atoms with van der Waals surface area (Å²) in [7, 11) is 0. The fraction of sp³-hybridized carbons (Fsp3) is 0.471. The number of carboxylic acids is 1. The smallest absolute Gasteiger partial charge is 0.311 e. The molecule has 2 N–H and O–H groups in total. The molecule has 1 aliphatic heterocycles. The lowest BCUT2D eigenvalue weighted by atomic mass is 9.82. The Kier molecular flexibility index (Phi) is 3.14. The minimum atomic E-state index is -0.742. The van der Waals surface area contributed by atoms with E-state index in [1.54, 1.807) is 11.1 Å². The van der Waals surface area contributed by atoms with Gasteiger partial charge in [0.1, 0.15) is 0 Å². The van der Waals surface area contributed by atoms with Crippen molar-refractivity contribution < 1.29 is 14.7 Å². The van der Waals surface area contributed by atoms with Gasteiger partial charge in [0.2, 0.25) is 5.91 Å². The molecule has 1 aliphatic carbocycles. The molecule has 1 aromatic heterocycles. The first-order valence-electron chi connectivity index (χ1n) is 8.05. The van der Waals surface area contributed by atoms with E-state index < -0.39 is 11.4 Å². The van der Waals surface area contributed by atoms with Crippen molar-refractivity contribution in [3.8, 4) is 0 Å². The van der Waals surface area contributed by atoms with Crippen molar-refractivity contribution in [3.63, 3.8) is 0 Å². The number of aliphatic carboxylic acids is 1. The highest BCUT2D eigenvalue weighted by molar-refractivity contribution is 5.85. The molecule has 6 nitrogen and oxygen atoms in total. The quantitative estimate of drug-likeness (QED) is 0.907. The second-order valence-corrected chi connectivity index (χ2v) is 6.67. The number of carbonyl (C=O) groups is 2. The van der Waals surface area contributed by atoms with Crippen LogP contribution >= 0.6 is 0 Å². The molecule has 2 atom stereocenters. The van der Waals surface area contributed by atoms with Crippen molar-refractivity contribution >= 4 is 22.8 Å². The molecule has 1 amide bonds. The number of hydrogen-bond donors (Lipinski definition) is 2. The number of nitrogens with zero attached hydrogens (tertiary/aromatic N) is 2. The highest BCUT2D eigenvalue weighted by Gasteiger charge is 2.56. The first-order chi connectivity index (χ1) is 11.1. The number of benzene rings is 1. The average Bonchev–Trinajstić information content (AvgIpc) is 3.20. The third-order valence-corrected chi connectivity index (χ3v) is 5.52. The van der Waals surface area contributed by atoms with Gasteiger partial charge in [-0.05, 0) is 30.9 Å². The van der Waals surface area contributed by atoms with Crippen molar-refractivity contribution in [2.45, 2.75) is 38.1 Å². The van der Waals surface area contributed by atoms with Crippen LogP contribution in [0.15, 0.2) is 24.4 Å². The Morgan fingerprint density at radius 3 is 3.09 bits per heavy atom. The number of hydrogen-bond acceptors (Lipinski definition) is 3. The summed E-state index contributed by atoms with van der Waals surface area (Å²) in [5.41, 5.74) is 1.14. The van der Waals surface area contributed by atoms with Gasteiger partial charge in [0.15, 0.2) is 0 Å². The van der Waals surface area contributed by atoms with Crippen molar-refractivity contribution in [3.05, 3.63) is 30.0 Å². The van der Waals surface area contributed by atoms with Gasteiger partial charge in [-0.15, -0.1) is 0 Å². The standard InChI is InChI=1S/C17H19N3O3/c21-15(9-11-3-4-12-10-18-19-13(12)8-11)20-7-6-17(16(22)23)5-1-2-14(17)20/h3-4,8,10,14H,1-2,5-7,9H2,(H,18,19)(H,22,23)/t14-,17+/m1/s1. The lowest BCUT2D eigenvalue weighted by molar-refractivity contribution is -0.150. The number of carboxylic acid groups (broad SMARTS) is 1. The maximum atomic E-state index is 12.7. The fourth-order valence-corrected chi connectivity index (χ4v) is 4.30. The van der Waals surface area contributed by atoms with Crippen LogP contribution in [0, 0.1) is 5.41 Å². The van der Waals surface area contributed by atoms with E-state index in [0.717, 1.165) is 29.3 Å². The van der Waals surface area contributed by atoms with Gasteiger partial charge in [-0.1, -0.05) is 18.6 Å². The predicted molar refractivity (Wildman–Crippen MR) is 83.8 cm³/mol. The molecule has 1 saturated carbocycles. The average molecular weight is 313 g/mol. The maximum absolute atomic E-state index is 12.7. The van der Waals surface area contributed by atoms with Gasteiger partial charge in [-0.3, -0.25) is 14.7 Å². The van der Waals surface area contributed by atoms with Gasteiger partial charge in [0, 0.05) is 18.0 Å². The van der Waals surface area contributed by atoms with Crippen molar-refractivity contribution in [2.75, 3.05) is 6.54 Å². The monoisotopic (exact) mass is 313 g/mol. The molecule has 4 rings (SSSR count). The third kappa shape index (κ3) is 2.12. The van der Waals surface area contributed by atoms with Gasteiger partial charge in [-0.25, -0.2) is 0 Å². The van der Waals surface area contributed by atoms with Gasteiger partial charge < -0.3 is 10.0 Å². The van der Waals surface area contributed by atoms with Crippen molar-refractivity contribution in [1.82, 2.24) is 15.1 Å². The van der Waals surface area contributed by atoms with E-state index in [-0.39, 0.29) is 11.9 Å². The number of amides is 1. The SMILES string of the molecule is O=C(Cc1ccc2cn[nH]c2c1)N1CC[C@@]2(C(=O)O)CCC[C@@H]12. The number of rotatable bonds is 3.